The fraction of sp³-hybridized carbons (Fsp3) is 0.400. The van der Waals surface area contributed by atoms with E-state index in [0.29, 0.717) is 45.5 Å². The number of carbonyl (C=O) groups excluding carboxylic acids is 3. The molecule has 1 fully saturated rings. The molecular formula is C25H29F2N3O4. The van der Waals surface area contributed by atoms with Gasteiger partial charge >= 0.3 is 0 Å². The first kappa shape index (κ1) is 25.3. The first-order chi connectivity index (χ1) is 16.4. The average molecular weight is 474 g/mol. The van der Waals surface area contributed by atoms with Crippen molar-refractivity contribution < 1.29 is 27.9 Å². The van der Waals surface area contributed by atoms with E-state index in [4.69, 9.17) is 4.74 Å². The van der Waals surface area contributed by atoms with Crippen LogP contribution in [0.25, 0.3) is 0 Å². The Hall–Kier alpha value is -3.33. The molecule has 1 aliphatic rings. The van der Waals surface area contributed by atoms with Crippen molar-refractivity contribution in [2.24, 2.45) is 5.92 Å². The summed E-state index contributed by atoms with van der Waals surface area (Å²) in [6, 6.07) is 10.2. The Morgan fingerprint density at radius 3 is 2.50 bits per heavy atom. The van der Waals surface area contributed by atoms with Crippen LogP contribution in [0.2, 0.25) is 0 Å². The number of hydrogen-bond acceptors (Lipinski definition) is 4. The van der Waals surface area contributed by atoms with Gasteiger partial charge in [-0.25, -0.2) is 8.78 Å². The number of piperidine rings is 1. The van der Waals surface area contributed by atoms with Crippen molar-refractivity contribution in [2.75, 3.05) is 33.4 Å². The number of carbonyl (C=O) groups is 3. The van der Waals surface area contributed by atoms with Gasteiger partial charge < -0.3 is 20.3 Å². The normalized spacial score (nSPS) is 15.0. The highest BCUT2D eigenvalue weighted by atomic mass is 19.1. The Labute approximate surface area is 197 Å². The molecule has 2 N–H and O–H groups in total. The van der Waals surface area contributed by atoms with Crippen LogP contribution in [0.3, 0.4) is 0 Å². The van der Waals surface area contributed by atoms with Crippen molar-refractivity contribution in [3.05, 3.63) is 71.3 Å². The third kappa shape index (κ3) is 6.60. The molecule has 34 heavy (non-hydrogen) atoms. The molecule has 3 amide bonds. The molecule has 0 saturated carbocycles. The van der Waals surface area contributed by atoms with E-state index in [1.54, 1.807) is 24.1 Å². The fourth-order valence-electron chi connectivity index (χ4n) is 4.04. The number of hydrogen-bond donors (Lipinski definition) is 2. The molecule has 0 aromatic heterocycles. The zero-order valence-electron chi connectivity index (χ0n) is 19.1. The largest absolute Gasteiger partial charge is 0.385 e. The van der Waals surface area contributed by atoms with Gasteiger partial charge in [0.1, 0.15) is 17.7 Å². The Kier molecular flexibility index (Phi) is 9.09. The molecular weight excluding hydrogens is 444 g/mol. The van der Waals surface area contributed by atoms with E-state index in [1.165, 1.54) is 36.4 Å². The standard InChI is InChI=1S/C25H29F2N3O4/c1-34-15-5-12-28-24(32)22(29-23(31)20-8-2-3-9-21(20)27)17-10-13-30(14-11-17)25(33)18-6-4-7-19(26)16-18/h2-4,6-9,16-17,22H,5,10-15H2,1H3,(H,28,32)(H,29,31)/t22-/m1/s1. The summed E-state index contributed by atoms with van der Waals surface area (Å²) < 4.78 is 32.6. The molecule has 0 bridgehead atoms. The third-order valence-electron chi connectivity index (χ3n) is 5.88. The lowest BCUT2D eigenvalue weighted by molar-refractivity contribution is -0.124. The molecule has 1 saturated heterocycles. The topological polar surface area (TPSA) is 87.7 Å². The van der Waals surface area contributed by atoms with E-state index in [9.17, 15) is 23.2 Å². The van der Waals surface area contributed by atoms with E-state index < -0.39 is 23.6 Å². The number of ether oxygens (including phenoxy) is 1. The van der Waals surface area contributed by atoms with Gasteiger partial charge in [-0.1, -0.05) is 18.2 Å². The van der Waals surface area contributed by atoms with Gasteiger partial charge in [-0.05, 0) is 55.5 Å². The number of halogens is 2. The minimum absolute atomic E-state index is 0.140. The summed E-state index contributed by atoms with van der Waals surface area (Å²) in [6.07, 6.45) is 1.51. The van der Waals surface area contributed by atoms with Crippen molar-refractivity contribution in [2.45, 2.75) is 25.3 Å². The summed E-state index contributed by atoms with van der Waals surface area (Å²) in [7, 11) is 1.57. The molecule has 2 aromatic rings. The zero-order valence-corrected chi connectivity index (χ0v) is 19.1. The molecule has 182 valence electrons. The number of amides is 3. The van der Waals surface area contributed by atoms with E-state index in [2.05, 4.69) is 10.6 Å². The lowest BCUT2D eigenvalue weighted by atomic mass is 9.88. The Balaban J connectivity index is 1.68. The molecule has 0 aliphatic carbocycles. The van der Waals surface area contributed by atoms with Crippen LogP contribution >= 0.6 is 0 Å². The number of likely N-dealkylation sites (tertiary alicyclic amines) is 1. The predicted molar refractivity (Wildman–Crippen MR) is 122 cm³/mol. The van der Waals surface area contributed by atoms with Crippen LogP contribution in [0.15, 0.2) is 48.5 Å². The van der Waals surface area contributed by atoms with Crippen molar-refractivity contribution >= 4 is 17.7 Å². The summed E-state index contributed by atoms with van der Waals surface area (Å²) in [5.41, 5.74) is 0.122. The second-order valence-electron chi connectivity index (χ2n) is 8.21. The minimum atomic E-state index is -0.888. The fourth-order valence-corrected chi connectivity index (χ4v) is 4.04. The zero-order chi connectivity index (χ0) is 24.5. The number of nitrogens with one attached hydrogen (secondary N) is 2. The number of methoxy groups -OCH3 is 1. The van der Waals surface area contributed by atoms with Gasteiger partial charge in [0.15, 0.2) is 0 Å². The average Bonchev–Trinajstić information content (AvgIpc) is 2.85. The molecule has 0 radical (unpaired) electrons. The van der Waals surface area contributed by atoms with Crippen LogP contribution in [-0.4, -0.2) is 62.0 Å². The highest BCUT2D eigenvalue weighted by Gasteiger charge is 2.34. The molecule has 0 unspecified atom stereocenters. The smallest absolute Gasteiger partial charge is 0.254 e. The Morgan fingerprint density at radius 1 is 1.09 bits per heavy atom. The molecule has 7 nitrogen and oxygen atoms in total. The summed E-state index contributed by atoms with van der Waals surface area (Å²) in [5.74, 6) is -2.73. The highest BCUT2D eigenvalue weighted by Crippen LogP contribution is 2.23. The van der Waals surface area contributed by atoms with Gasteiger partial charge in [-0.2, -0.15) is 0 Å². The van der Waals surface area contributed by atoms with Gasteiger partial charge in [0.2, 0.25) is 5.91 Å². The number of nitrogens with zero attached hydrogens (tertiary/aromatic N) is 1. The number of benzene rings is 2. The van der Waals surface area contributed by atoms with E-state index in [-0.39, 0.29) is 28.9 Å². The van der Waals surface area contributed by atoms with E-state index in [0.717, 1.165) is 0 Å². The van der Waals surface area contributed by atoms with Gasteiger partial charge in [0.25, 0.3) is 11.8 Å². The highest BCUT2D eigenvalue weighted by molar-refractivity contribution is 5.98. The number of rotatable bonds is 9. The van der Waals surface area contributed by atoms with Crippen LogP contribution < -0.4 is 10.6 Å². The quantitative estimate of drug-likeness (QED) is 0.549. The van der Waals surface area contributed by atoms with Crippen molar-refractivity contribution in [3.8, 4) is 0 Å². The predicted octanol–water partition coefficient (Wildman–Crippen LogP) is 2.77. The van der Waals surface area contributed by atoms with Gasteiger partial charge in [-0.3, -0.25) is 14.4 Å². The lowest BCUT2D eigenvalue weighted by Crippen LogP contribution is -2.54. The van der Waals surface area contributed by atoms with Crippen LogP contribution in [0.5, 0.6) is 0 Å². The van der Waals surface area contributed by atoms with E-state index in [1.807, 2.05) is 0 Å². The van der Waals surface area contributed by atoms with Crippen LogP contribution in [0.1, 0.15) is 40.0 Å². The summed E-state index contributed by atoms with van der Waals surface area (Å²) in [6.45, 7) is 1.55. The van der Waals surface area contributed by atoms with Gasteiger partial charge in [0, 0.05) is 38.9 Å². The second-order valence-corrected chi connectivity index (χ2v) is 8.21. The molecule has 1 aliphatic heterocycles. The maximum atomic E-state index is 14.1. The summed E-state index contributed by atoms with van der Waals surface area (Å²) in [5, 5.41) is 5.50. The Morgan fingerprint density at radius 2 is 1.82 bits per heavy atom. The first-order valence-electron chi connectivity index (χ1n) is 11.3. The molecule has 1 atom stereocenters. The maximum Gasteiger partial charge on any atom is 0.254 e. The SMILES string of the molecule is COCCCNC(=O)[C@H](NC(=O)c1ccccc1F)C1CCN(C(=O)c2cccc(F)c2)CC1. The summed E-state index contributed by atoms with van der Waals surface area (Å²) >= 11 is 0. The lowest BCUT2D eigenvalue weighted by Gasteiger charge is -2.36. The third-order valence-corrected chi connectivity index (χ3v) is 5.88. The van der Waals surface area contributed by atoms with Gasteiger partial charge in [0.05, 0.1) is 5.56 Å². The molecule has 0 spiro atoms. The van der Waals surface area contributed by atoms with Crippen LogP contribution in [-0.2, 0) is 9.53 Å². The van der Waals surface area contributed by atoms with Crippen molar-refractivity contribution in [3.63, 3.8) is 0 Å². The molecule has 9 heteroatoms. The van der Waals surface area contributed by atoms with Crippen molar-refractivity contribution in [1.29, 1.82) is 0 Å². The monoisotopic (exact) mass is 473 g/mol. The molecule has 1 heterocycles. The minimum Gasteiger partial charge on any atom is -0.385 e. The molecule has 3 rings (SSSR count). The van der Waals surface area contributed by atoms with Gasteiger partial charge in [-0.15, -0.1) is 0 Å². The van der Waals surface area contributed by atoms with E-state index >= 15 is 0 Å². The second kappa shape index (κ2) is 12.2. The first-order valence-corrected chi connectivity index (χ1v) is 11.3. The summed E-state index contributed by atoms with van der Waals surface area (Å²) in [4.78, 5) is 40.0. The Bertz CT molecular complexity index is 1010. The van der Waals surface area contributed by atoms with Crippen LogP contribution in [0.4, 0.5) is 8.78 Å². The van der Waals surface area contributed by atoms with Crippen LogP contribution in [0, 0.1) is 17.6 Å². The maximum absolute atomic E-state index is 14.1. The molecule has 2 aromatic carbocycles. The van der Waals surface area contributed by atoms with Crippen molar-refractivity contribution in [1.82, 2.24) is 15.5 Å².